The van der Waals surface area contributed by atoms with Crippen molar-refractivity contribution in [2.75, 3.05) is 12.4 Å². The van der Waals surface area contributed by atoms with Gasteiger partial charge in [-0.25, -0.2) is 5.84 Å². The molecule has 0 rings (SSSR count). The number of rotatable bonds is 4. The average molecular weight is 194 g/mol. The second-order valence-electron chi connectivity index (χ2n) is 2.20. The SMILES string of the molecule is CC(C)OCCSC(=S)NN. The molecule has 11 heavy (non-hydrogen) atoms. The maximum absolute atomic E-state index is 5.29. The van der Waals surface area contributed by atoms with Gasteiger partial charge in [0.1, 0.15) is 4.32 Å². The minimum atomic E-state index is 0.287. The number of nitrogens with one attached hydrogen (secondary N) is 1. The van der Waals surface area contributed by atoms with Crippen LogP contribution in [0.3, 0.4) is 0 Å². The molecule has 3 N–H and O–H groups in total. The summed E-state index contributed by atoms with van der Waals surface area (Å²) in [6, 6.07) is 0. The summed E-state index contributed by atoms with van der Waals surface area (Å²) in [6.07, 6.45) is 0.287. The highest BCUT2D eigenvalue weighted by atomic mass is 32.2. The Morgan fingerprint density at radius 1 is 1.73 bits per heavy atom. The van der Waals surface area contributed by atoms with E-state index in [1.165, 1.54) is 11.8 Å². The van der Waals surface area contributed by atoms with Crippen molar-refractivity contribution >= 4 is 28.3 Å². The van der Waals surface area contributed by atoms with Crippen LogP contribution >= 0.6 is 24.0 Å². The zero-order chi connectivity index (χ0) is 8.69. The number of thioether (sulfide) groups is 1. The molecule has 66 valence electrons. The second-order valence-corrected chi connectivity index (χ2v) is 3.97. The molecule has 0 amide bonds. The van der Waals surface area contributed by atoms with E-state index < -0.39 is 0 Å². The predicted octanol–water partition coefficient (Wildman–Crippen LogP) is 0.893. The van der Waals surface area contributed by atoms with Gasteiger partial charge in [0.05, 0.1) is 12.7 Å². The van der Waals surface area contributed by atoms with Crippen LogP contribution in [0.15, 0.2) is 0 Å². The van der Waals surface area contributed by atoms with Gasteiger partial charge in [-0.3, -0.25) is 0 Å². The molecule has 0 saturated heterocycles. The van der Waals surface area contributed by atoms with E-state index in [0.29, 0.717) is 10.9 Å². The molecule has 0 saturated carbocycles. The predicted molar refractivity (Wildman–Crippen MR) is 53.5 cm³/mol. The van der Waals surface area contributed by atoms with E-state index in [2.05, 4.69) is 5.43 Å². The Labute approximate surface area is 77.0 Å². The molecule has 0 aliphatic carbocycles. The lowest BCUT2D eigenvalue weighted by atomic mass is 10.5. The molecule has 3 nitrogen and oxygen atoms in total. The van der Waals surface area contributed by atoms with E-state index in [1.54, 1.807) is 0 Å². The van der Waals surface area contributed by atoms with Gasteiger partial charge in [0, 0.05) is 5.75 Å². The zero-order valence-electron chi connectivity index (χ0n) is 6.79. The Kier molecular flexibility index (Phi) is 6.94. The van der Waals surface area contributed by atoms with Crippen LogP contribution in [0.4, 0.5) is 0 Å². The Bertz CT molecular complexity index is 119. The van der Waals surface area contributed by atoms with Crippen LogP contribution in [0.5, 0.6) is 0 Å². The number of thiocarbonyl (C=S) groups is 1. The molecule has 0 spiro atoms. The lowest BCUT2D eigenvalue weighted by molar-refractivity contribution is 0.0921. The first-order valence-electron chi connectivity index (χ1n) is 3.41. The highest BCUT2D eigenvalue weighted by Crippen LogP contribution is 2.01. The van der Waals surface area contributed by atoms with Crippen molar-refractivity contribution in [2.24, 2.45) is 5.84 Å². The number of hydrogen-bond donors (Lipinski definition) is 2. The average Bonchev–Trinajstić information content (AvgIpc) is 1.97. The molecular weight excluding hydrogens is 180 g/mol. The fraction of sp³-hybridized carbons (Fsp3) is 0.833. The third-order valence-electron chi connectivity index (χ3n) is 0.886. The molecule has 0 atom stereocenters. The molecule has 0 unspecified atom stereocenters. The molecule has 0 aromatic rings. The molecule has 0 aliphatic rings. The Hall–Kier alpha value is 0.160. The summed E-state index contributed by atoms with van der Waals surface area (Å²) in [5.41, 5.74) is 2.39. The first-order chi connectivity index (χ1) is 5.16. The standard InChI is InChI=1S/C6H14N2OS2/c1-5(2)9-3-4-11-6(10)8-7/h5H,3-4,7H2,1-2H3,(H,8,10). The summed E-state index contributed by atoms with van der Waals surface area (Å²) in [5, 5.41) is 0. The lowest BCUT2D eigenvalue weighted by Crippen LogP contribution is -2.26. The minimum Gasteiger partial charge on any atom is -0.378 e. The van der Waals surface area contributed by atoms with Crippen LogP contribution in [0.2, 0.25) is 0 Å². The van der Waals surface area contributed by atoms with E-state index in [1.807, 2.05) is 13.8 Å². The summed E-state index contributed by atoms with van der Waals surface area (Å²) in [6.45, 7) is 4.72. The first-order valence-corrected chi connectivity index (χ1v) is 4.81. The fourth-order valence-electron chi connectivity index (χ4n) is 0.460. The topological polar surface area (TPSA) is 47.3 Å². The summed E-state index contributed by atoms with van der Waals surface area (Å²) >= 11 is 6.29. The van der Waals surface area contributed by atoms with Crippen molar-refractivity contribution in [1.82, 2.24) is 5.43 Å². The molecule has 0 fully saturated rings. The third-order valence-corrected chi connectivity index (χ3v) is 2.11. The summed E-state index contributed by atoms with van der Waals surface area (Å²) in [7, 11) is 0. The van der Waals surface area contributed by atoms with Gasteiger partial charge in [0.2, 0.25) is 0 Å². The monoisotopic (exact) mass is 194 g/mol. The number of hydrazine groups is 1. The fourth-order valence-corrected chi connectivity index (χ4v) is 1.16. The Morgan fingerprint density at radius 2 is 2.36 bits per heavy atom. The smallest absolute Gasteiger partial charge is 0.147 e. The number of ether oxygens (including phenoxy) is 1. The number of hydrogen-bond acceptors (Lipinski definition) is 4. The molecule has 0 aromatic heterocycles. The maximum atomic E-state index is 5.29. The van der Waals surface area contributed by atoms with Crippen LogP contribution in [-0.2, 0) is 4.74 Å². The van der Waals surface area contributed by atoms with Gasteiger partial charge in [-0.1, -0.05) is 24.0 Å². The van der Waals surface area contributed by atoms with Crippen molar-refractivity contribution in [3.8, 4) is 0 Å². The van der Waals surface area contributed by atoms with Crippen LogP contribution in [-0.4, -0.2) is 22.8 Å². The number of nitrogens with two attached hydrogens (primary N) is 1. The highest BCUT2D eigenvalue weighted by Gasteiger charge is 1.95. The van der Waals surface area contributed by atoms with Crippen LogP contribution in [0.25, 0.3) is 0 Å². The van der Waals surface area contributed by atoms with Crippen molar-refractivity contribution in [2.45, 2.75) is 20.0 Å². The second kappa shape index (κ2) is 6.84. The van der Waals surface area contributed by atoms with Crippen molar-refractivity contribution in [3.63, 3.8) is 0 Å². The van der Waals surface area contributed by atoms with Gasteiger partial charge in [-0.05, 0) is 13.8 Å². The largest absolute Gasteiger partial charge is 0.378 e. The van der Waals surface area contributed by atoms with E-state index in [0.717, 1.165) is 5.75 Å². The minimum absolute atomic E-state index is 0.287. The molecule has 0 bridgehead atoms. The molecule has 0 radical (unpaired) electrons. The zero-order valence-corrected chi connectivity index (χ0v) is 8.43. The summed E-state index contributed by atoms with van der Waals surface area (Å²) in [4.78, 5) is 0. The van der Waals surface area contributed by atoms with Crippen LogP contribution in [0, 0.1) is 0 Å². The van der Waals surface area contributed by atoms with Crippen molar-refractivity contribution in [3.05, 3.63) is 0 Å². The normalized spacial score (nSPS) is 10.2. The third kappa shape index (κ3) is 8.06. The van der Waals surface area contributed by atoms with E-state index >= 15 is 0 Å². The molecular formula is C6H14N2OS2. The Morgan fingerprint density at radius 3 is 2.82 bits per heavy atom. The van der Waals surface area contributed by atoms with Crippen molar-refractivity contribution in [1.29, 1.82) is 0 Å². The first kappa shape index (κ1) is 11.2. The van der Waals surface area contributed by atoms with Gasteiger partial charge in [-0.2, -0.15) is 0 Å². The Balaban J connectivity index is 3.08. The maximum Gasteiger partial charge on any atom is 0.147 e. The van der Waals surface area contributed by atoms with Crippen LogP contribution in [0.1, 0.15) is 13.8 Å². The summed E-state index contributed by atoms with van der Waals surface area (Å²) in [5.74, 6) is 5.91. The van der Waals surface area contributed by atoms with E-state index in [-0.39, 0.29) is 6.10 Å². The lowest BCUT2D eigenvalue weighted by Gasteiger charge is -2.06. The molecule has 0 heterocycles. The van der Waals surface area contributed by atoms with Crippen LogP contribution < -0.4 is 11.3 Å². The summed E-state index contributed by atoms with van der Waals surface area (Å²) < 4.78 is 5.90. The van der Waals surface area contributed by atoms with Gasteiger partial charge in [0.15, 0.2) is 0 Å². The van der Waals surface area contributed by atoms with Gasteiger partial charge in [0.25, 0.3) is 0 Å². The molecule has 0 aromatic carbocycles. The van der Waals surface area contributed by atoms with E-state index in [4.69, 9.17) is 22.8 Å². The van der Waals surface area contributed by atoms with Gasteiger partial charge in [-0.15, -0.1) is 0 Å². The molecule has 5 heteroatoms. The quantitative estimate of drug-likeness (QED) is 0.301. The van der Waals surface area contributed by atoms with Gasteiger partial charge >= 0.3 is 0 Å². The van der Waals surface area contributed by atoms with E-state index in [9.17, 15) is 0 Å². The molecule has 0 aliphatic heterocycles. The van der Waals surface area contributed by atoms with Crippen molar-refractivity contribution < 1.29 is 4.74 Å². The van der Waals surface area contributed by atoms with Gasteiger partial charge < -0.3 is 10.2 Å². The highest BCUT2D eigenvalue weighted by molar-refractivity contribution is 8.22.